The van der Waals surface area contributed by atoms with E-state index in [0.29, 0.717) is 24.4 Å². The number of benzene rings is 2. The minimum Gasteiger partial charge on any atom is -0.508 e. The zero-order chi connectivity index (χ0) is 21.5. The Labute approximate surface area is 174 Å². The Balaban J connectivity index is 1.69. The fraction of sp³-hybridized carbons (Fsp3) is 0.227. The second kappa shape index (κ2) is 9.69. The third-order valence-corrected chi connectivity index (χ3v) is 4.37. The molecule has 7 nitrogen and oxygen atoms in total. The summed E-state index contributed by atoms with van der Waals surface area (Å²) in [5.41, 5.74) is 2.19. The van der Waals surface area contributed by atoms with E-state index in [2.05, 4.69) is 20.6 Å². The third kappa shape index (κ3) is 5.66. The van der Waals surface area contributed by atoms with Gasteiger partial charge in [-0.05, 0) is 42.7 Å². The molecule has 1 heterocycles. The number of phenols is 1. The molecule has 1 unspecified atom stereocenters. The number of hydrogen-bond acceptors (Lipinski definition) is 7. The van der Waals surface area contributed by atoms with Crippen molar-refractivity contribution in [1.29, 1.82) is 0 Å². The first-order valence-corrected chi connectivity index (χ1v) is 9.55. The van der Waals surface area contributed by atoms with Crippen molar-refractivity contribution in [3.8, 4) is 5.75 Å². The van der Waals surface area contributed by atoms with Gasteiger partial charge in [0.15, 0.2) is 11.6 Å². The van der Waals surface area contributed by atoms with Crippen molar-refractivity contribution in [3.63, 3.8) is 0 Å². The van der Waals surface area contributed by atoms with Crippen molar-refractivity contribution in [2.45, 2.75) is 26.2 Å². The number of carbonyl (C=O) groups is 1. The summed E-state index contributed by atoms with van der Waals surface area (Å²) in [6.45, 7) is 4.09. The molecule has 0 spiro atoms. The van der Waals surface area contributed by atoms with Crippen molar-refractivity contribution < 1.29 is 19.0 Å². The molecule has 0 bridgehead atoms. The van der Waals surface area contributed by atoms with Crippen LogP contribution in [-0.2, 0) is 9.53 Å². The Morgan fingerprint density at radius 1 is 1.17 bits per heavy atom. The number of nitrogens with zero attached hydrogens (tertiary/aromatic N) is 2. The van der Waals surface area contributed by atoms with Gasteiger partial charge in [-0.2, -0.15) is 4.98 Å². The summed E-state index contributed by atoms with van der Waals surface area (Å²) in [4.78, 5) is 19.7. The molecule has 3 aromatic rings. The topological polar surface area (TPSA) is 96.4 Å². The molecule has 0 aliphatic rings. The Bertz CT molecular complexity index is 1010. The minimum absolute atomic E-state index is 0.00646. The SMILES string of the molecule is CCOC(=O)CC(C)c1ccc(Nc2nc(Nc3cccc(O)c3)ncc2F)cc1. The Morgan fingerprint density at radius 2 is 1.93 bits per heavy atom. The second-order valence-corrected chi connectivity index (χ2v) is 6.72. The molecule has 0 amide bonds. The number of halogens is 1. The third-order valence-electron chi connectivity index (χ3n) is 4.37. The molecule has 0 fully saturated rings. The van der Waals surface area contributed by atoms with E-state index in [1.165, 1.54) is 6.07 Å². The van der Waals surface area contributed by atoms with Gasteiger partial charge in [-0.3, -0.25) is 4.79 Å². The van der Waals surface area contributed by atoms with Crippen LogP contribution >= 0.6 is 0 Å². The molecule has 1 aromatic heterocycles. The van der Waals surface area contributed by atoms with Gasteiger partial charge in [0.1, 0.15) is 5.75 Å². The monoisotopic (exact) mass is 410 g/mol. The average molecular weight is 410 g/mol. The van der Waals surface area contributed by atoms with E-state index >= 15 is 0 Å². The zero-order valence-corrected chi connectivity index (χ0v) is 16.7. The number of aromatic hydroxyl groups is 1. The fourth-order valence-electron chi connectivity index (χ4n) is 2.85. The fourth-order valence-corrected chi connectivity index (χ4v) is 2.85. The summed E-state index contributed by atoms with van der Waals surface area (Å²) in [5.74, 6) is -0.535. The van der Waals surface area contributed by atoms with Crippen LogP contribution < -0.4 is 10.6 Å². The van der Waals surface area contributed by atoms with E-state index in [-0.39, 0.29) is 29.4 Å². The first-order chi connectivity index (χ1) is 14.4. The van der Waals surface area contributed by atoms with Gasteiger partial charge < -0.3 is 20.5 Å². The number of rotatable bonds is 8. The van der Waals surface area contributed by atoms with Gasteiger partial charge in [-0.1, -0.05) is 25.1 Å². The van der Waals surface area contributed by atoms with Crippen LogP contribution in [0.1, 0.15) is 31.7 Å². The van der Waals surface area contributed by atoms with Gasteiger partial charge in [-0.15, -0.1) is 0 Å². The zero-order valence-electron chi connectivity index (χ0n) is 16.7. The number of anilines is 4. The molecule has 2 aromatic carbocycles. The van der Waals surface area contributed by atoms with Crippen LogP contribution in [0.4, 0.5) is 27.5 Å². The van der Waals surface area contributed by atoms with Crippen LogP contribution in [0.5, 0.6) is 5.75 Å². The van der Waals surface area contributed by atoms with Crippen LogP contribution in [0.25, 0.3) is 0 Å². The Kier molecular flexibility index (Phi) is 6.79. The number of ether oxygens (including phenoxy) is 1. The lowest BCUT2D eigenvalue weighted by Gasteiger charge is -2.13. The molecular formula is C22H23FN4O3. The van der Waals surface area contributed by atoms with Crippen LogP contribution in [0.15, 0.2) is 54.7 Å². The molecule has 0 aliphatic carbocycles. The van der Waals surface area contributed by atoms with Crippen molar-refractivity contribution >= 4 is 29.1 Å². The van der Waals surface area contributed by atoms with E-state index < -0.39 is 5.82 Å². The number of carbonyl (C=O) groups excluding carboxylic acids is 1. The lowest BCUT2D eigenvalue weighted by atomic mass is 9.98. The lowest BCUT2D eigenvalue weighted by molar-refractivity contribution is -0.143. The molecule has 156 valence electrons. The molecular weight excluding hydrogens is 387 g/mol. The van der Waals surface area contributed by atoms with Crippen molar-refractivity contribution in [1.82, 2.24) is 9.97 Å². The number of hydrogen-bond donors (Lipinski definition) is 3. The molecule has 3 N–H and O–H groups in total. The van der Waals surface area contributed by atoms with E-state index in [0.717, 1.165) is 11.8 Å². The summed E-state index contributed by atoms with van der Waals surface area (Å²) >= 11 is 0. The summed E-state index contributed by atoms with van der Waals surface area (Å²) in [6.07, 6.45) is 1.36. The first kappa shape index (κ1) is 21.0. The highest BCUT2D eigenvalue weighted by molar-refractivity contribution is 5.70. The van der Waals surface area contributed by atoms with E-state index in [1.54, 1.807) is 37.3 Å². The summed E-state index contributed by atoms with van der Waals surface area (Å²) in [6, 6.07) is 13.8. The van der Waals surface area contributed by atoms with Gasteiger partial charge >= 0.3 is 5.97 Å². The molecule has 8 heteroatoms. The van der Waals surface area contributed by atoms with Gasteiger partial charge in [0.05, 0.1) is 19.2 Å². The highest BCUT2D eigenvalue weighted by Crippen LogP contribution is 2.25. The van der Waals surface area contributed by atoms with Gasteiger partial charge in [0, 0.05) is 17.4 Å². The smallest absolute Gasteiger partial charge is 0.306 e. The van der Waals surface area contributed by atoms with Crippen molar-refractivity contribution in [3.05, 3.63) is 66.1 Å². The molecule has 1 atom stereocenters. The Morgan fingerprint density at radius 3 is 2.63 bits per heavy atom. The summed E-state index contributed by atoms with van der Waals surface area (Å²) in [5, 5.41) is 15.4. The second-order valence-electron chi connectivity index (χ2n) is 6.72. The maximum atomic E-state index is 14.2. The van der Waals surface area contributed by atoms with E-state index in [9.17, 15) is 14.3 Å². The predicted molar refractivity (Wildman–Crippen MR) is 113 cm³/mol. The highest BCUT2D eigenvalue weighted by atomic mass is 19.1. The van der Waals surface area contributed by atoms with E-state index in [4.69, 9.17) is 4.74 Å². The van der Waals surface area contributed by atoms with Gasteiger partial charge in [-0.25, -0.2) is 9.37 Å². The maximum absolute atomic E-state index is 14.2. The standard InChI is InChI=1S/C22H23FN4O3/c1-3-30-20(29)11-14(2)15-7-9-16(10-8-15)25-21-19(23)13-24-22(27-21)26-17-5-4-6-18(28)12-17/h4-10,12-14,28H,3,11H2,1-2H3,(H2,24,25,26,27). The highest BCUT2D eigenvalue weighted by Gasteiger charge is 2.13. The molecule has 0 aliphatic heterocycles. The molecule has 30 heavy (non-hydrogen) atoms. The quantitative estimate of drug-likeness (QED) is 0.456. The van der Waals surface area contributed by atoms with Gasteiger partial charge in [0.2, 0.25) is 5.95 Å². The maximum Gasteiger partial charge on any atom is 0.306 e. The average Bonchev–Trinajstić information content (AvgIpc) is 2.71. The molecule has 0 saturated carbocycles. The number of esters is 1. The minimum atomic E-state index is -0.601. The van der Waals surface area contributed by atoms with Crippen LogP contribution in [0.2, 0.25) is 0 Å². The molecule has 3 rings (SSSR count). The lowest BCUT2D eigenvalue weighted by Crippen LogP contribution is -2.08. The first-order valence-electron chi connectivity index (χ1n) is 9.55. The molecule has 0 saturated heterocycles. The van der Waals surface area contributed by atoms with Crippen molar-refractivity contribution in [2.24, 2.45) is 0 Å². The van der Waals surface area contributed by atoms with Gasteiger partial charge in [0.25, 0.3) is 0 Å². The summed E-state index contributed by atoms with van der Waals surface area (Å²) in [7, 11) is 0. The summed E-state index contributed by atoms with van der Waals surface area (Å²) < 4.78 is 19.2. The predicted octanol–water partition coefficient (Wildman–Crippen LogP) is 4.87. The van der Waals surface area contributed by atoms with Crippen LogP contribution in [0, 0.1) is 5.82 Å². The van der Waals surface area contributed by atoms with Crippen LogP contribution in [-0.4, -0.2) is 27.7 Å². The largest absolute Gasteiger partial charge is 0.508 e. The van der Waals surface area contributed by atoms with E-state index in [1.807, 2.05) is 19.1 Å². The Hall–Kier alpha value is -3.68. The van der Waals surface area contributed by atoms with Crippen molar-refractivity contribution in [2.75, 3.05) is 17.2 Å². The number of phenolic OH excluding ortho intramolecular Hbond substituents is 1. The normalized spacial score (nSPS) is 11.6. The molecule has 0 radical (unpaired) electrons. The number of nitrogens with one attached hydrogen (secondary N) is 2. The van der Waals surface area contributed by atoms with Crippen LogP contribution in [0.3, 0.4) is 0 Å². The number of aromatic nitrogens is 2.